The highest BCUT2D eigenvalue weighted by atomic mass is 79.9. The minimum atomic E-state index is 0.575. The zero-order chi connectivity index (χ0) is 15.2. The lowest BCUT2D eigenvalue weighted by Gasteiger charge is -2.11. The molecule has 1 N–H and O–H groups in total. The first-order valence-electron chi connectivity index (χ1n) is 7.47. The molecule has 0 fully saturated rings. The smallest absolute Gasteiger partial charge is 0.162 e. The summed E-state index contributed by atoms with van der Waals surface area (Å²) in [6, 6.07) is 10.1. The van der Waals surface area contributed by atoms with Gasteiger partial charge in [-0.25, -0.2) is 9.97 Å². The van der Waals surface area contributed by atoms with E-state index in [9.17, 15) is 0 Å². The zero-order valence-electron chi connectivity index (χ0n) is 12.9. The first-order chi connectivity index (χ1) is 10.1. The molecular weight excluding hydrogens is 326 g/mol. The topological polar surface area (TPSA) is 37.8 Å². The van der Waals surface area contributed by atoms with Crippen molar-refractivity contribution in [3.63, 3.8) is 0 Å². The molecule has 0 aliphatic rings. The fourth-order valence-electron chi connectivity index (χ4n) is 2.13. The lowest BCUT2D eigenvalue weighted by molar-refractivity contribution is 0.635. The summed E-state index contributed by atoms with van der Waals surface area (Å²) < 4.78 is 1.02. The van der Waals surface area contributed by atoms with E-state index in [2.05, 4.69) is 53.1 Å². The molecule has 0 amide bonds. The van der Waals surface area contributed by atoms with Gasteiger partial charge in [0.2, 0.25) is 0 Å². The van der Waals surface area contributed by atoms with Gasteiger partial charge >= 0.3 is 0 Å². The predicted molar refractivity (Wildman–Crippen MR) is 92.5 cm³/mol. The SMILES string of the molecule is CCCNc1cc(CC(C)C)nc(-c2ccccc2Br)n1. The van der Waals surface area contributed by atoms with Gasteiger partial charge in [-0.3, -0.25) is 0 Å². The summed E-state index contributed by atoms with van der Waals surface area (Å²) in [6.45, 7) is 7.49. The number of halogens is 1. The summed E-state index contributed by atoms with van der Waals surface area (Å²) in [7, 11) is 0. The molecule has 0 aliphatic carbocycles. The minimum absolute atomic E-state index is 0.575. The minimum Gasteiger partial charge on any atom is -0.370 e. The molecule has 4 heteroatoms. The van der Waals surface area contributed by atoms with E-state index in [1.54, 1.807) is 0 Å². The molecular formula is C17H22BrN3. The monoisotopic (exact) mass is 347 g/mol. The first-order valence-corrected chi connectivity index (χ1v) is 8.26. The van der Waals surface area contributed by atoms with Crippen LogP contribution in [0.1, 0.15) is 32.9 Å². The van der Waals surface area contributed by atoms with Crippen molar-refractivity contribution in [1.29, 1.82) is 0 Å². The Bertz CT molecular complexity index is 596. The van der Waals surface area contributed by atoms with Crippen molar-refractivity contribution in [1.82, 2.24) is 9.97 Å². The Labute approximate surface area is 135 Å². The third kappa shape index (κ3) is 4.53. The quantitative estimate of drug-likeness (QED) is 0.805. The van der Waals surface area contributed by atoms with E-state index in [-0.39, 0.29) is 0 Å². The summed E-state index contributed by atoms with van der Waals surface area (Å²) in [5, 5.41) is 3.37. The molecule has 112 valence electrons. The first kappa shape index (κ1) is 16.0. The number of nitrogens with one attached hydrogen (secondary N) is 1. The maximum absolute atomic E-state index is 4.73. The Kier molecular flexibility index (Phi) is 5.74. The van der Waals surface area contributed by atoms with Gasteiger partial charge in [0.25, 0.3) is 0 Å². The molecule has 2 aromatic rings. The van der Waals surface area contributed by atoms with E-state index in [1.165, 1.54) is 0 Å². The Morgan fingerprint density at radius 3 is 2.62 bits per heavy atom. The summed E-state index contributed by atoms with van der Waals surface area (Å²) in [5.41, 5.74) is 2.12. The number of rotatable bonds is 6. The second-order valence-corrected chi connectivity index (χ2v) is 6.43. The molecule has 0 spiro atoms. The molecule has 0 radical (unpaired) electrons. The van der Waals surface area contributed by atoms with Crippen LogP contribution in [0.3, 0.4) is 0 Å². The highest BCUT2D eigenvalue weighted by Crippen LogP contribution is 2.26. The van der Waals surface area contributed by atoms with Crippen LogP contribution in [0.2, 0.25) is 0 Å². The van der Waals surface area contributed by atoms with E-state index in [0.29, 0.717) is 5.92 Å². The van der Waals surface area contributed by atoms with Gasteiger partial charge in [0.05, 0.1) is 0 Å². The molecule has 0 saturated heterocycles. The molecule has 0 aliphatic heterocycles. The number of nitrogens with zero attached hydrogens (tertiary/aromatic N) is 2. The number of aromatic nitrogens is 2. The van der Waals surface area contributed by atoms with Gasteiger partial charge in [0, 0.05) is 28.3 Å². The number of hydrogen-bond acceptors (Lipinski definition) is 3. The summed E-state index contributed by atoms with van der Waals surface area (Å²) >= 11 is 3.59. The largest absolute Gasteiger partial charge is 0.370 e. The highest BCUT2D eigenvalue weighted by Gasteiger charge is 2.10. The van der Waals surface area contributed by atoms with Gasteiger partial charge in [-0.1, -0.05) is 54.9 Å². The van der Waals surface area contributed by atoms with E-state index < -0.39 is 0 Å². The summed E-state index contributed by atoms with van der Waals surface area (Å²) in [6.07, 6.45) is 2.04. The molecule has 0 saturated carbocycles. The summed E-state index contributed by atoms with van der Waals surface area (Å²) in [4.78, 5) is 9.39. The number of anilines is 1. The molecule has 1 aromatic heterocycles. The Balaban J connectivity index is 2.41. The van der Waals surface area contributed by atoms with Gasteiger partial charge in [-0.05, 0) is 24.8 Å². The number of hydrogen-bond donors (Lipinski definition) is 1. The molecule has 2 rings (SSSR count). The standard InChI is InChI=1S/C17H22BrN3/c1-4-9-19-16-11-13(10-12(2)3)20-17(21-16)14-7-5-6-8-15(14)18/h5-8,11-12H,4,9-10H2,1-3H3,(H,19,20,21). The molecule has 21 heavy (non-hydrogen) atoms. The van der Waals surface area contributed by atoms with Crippen molar-refractivity contribution < 1.29 is 0 Å². The predicted octanol–water partition coefficient (Wildman–Crippen LogP) is 4.93. The molecule has 1 heterocycles. The second-order valence-electron chi connectivity index (χ2n) is 5.57. The van der Waals surface area contributed by atoms with Crippen molar-refractivity contribution in [2.75, 3.05) is 11.9 Å². The average molecular weight is 348 g/mol. The third-order valence-corrected chi connectivity index (χ3v) is 3.76. The molecule has 1 aromatic carbocycles. The van der Waals surface area contributed by atoms with Crippen molar-refractivity contribution in [3.05, 3.63) is 40.5 Å². The van der Waals surface area contributed by atoms with Crippen molar-refractivity contribution in [2.45, 2.75) is 33.6 Å². The van der Waals surface area contributed by atoms with Crippen LogP contribution in [-0.4, -0.2) is 16.5 Å². The van der Waals surface area contributed by atoms with E-state index in [4.69, 9.17) is 4.98 Å². The van der Waals surface area contributed by atoms with Crippen LogP contribution in [0.25, 0.3) is 11.4 Å². The third-order valence-electron chi connectivity index (χ3n) is 3.07. The van der Waals surface area contributed by atoms with Gasteiger partial charge < -0.3 is 5.32 Å². The average Bonchev–Trinajstić information content (AvgIpc) is 2.44. The molecule has 0 atom stereocenters. The van der Waals surface area contributed by atoms with E-state index in [1.807, 2.05) is 24.3 Å². The second kappa shape index (κ2) is 7.55. The Hall–Kier alpha value is -1.42. The Morgan fingerprint density at radius 2 is 1.95 bits per heavy atom. The lowest BCUT2D eigenvalue weighted by atomic mass is 10.1. The molecule has 0 unspecified atom stereocenters. The van der Waals surface area contributed by atoms with Gasteiger partial charge in [-0.2, -0.15) is 0 Å². The maximum Gasteiger partial charge on any atom is 0.162 e. The highest BCUT2D eigenvalue weighted by molar-refractivity contribution is 9.10. The van der Waals surface area contributed by atoms with Crippen LogP contribution >= 0.6 is 15.9 Å². The van der Waals surface area contributed by atoms with Crippen LogP contribution in [-0.2, 0) is 6.42 Å². The van der Waals surface area contributed by atoms with Gasteiger partial charge in [0.15, 0.2) is 5.82 Å². The fraction of sp³-hybridized carbons (Fsp3) is 0.412. The van der Waals surface area contributed by atoms with Gasteiger partial charge in [0.1, 0.15) is 5.82 Å². The maximum atomic E-state index is 4.73. The van der Waals surface area contributed by atoms with E-state index in [0.717, 1.165) is 46.8 Å². The van der Waals surface area contributed by atoms with Crippen molar-refractivity contribution in [2.24, 2.45) is 5.92 Å². The van der Waals surface area contributed by atoms with Crippen LogP contribution in [0, 0.1) is 5.92 Å². The van der Waals surface area contributed by atoms with Crippen LogP contribution in [0.5, 0.6) is 0 Å². The lowest BCUT2D eigenvalue weighted by Crippen LogP contribution is -2.07. The zero-order valence-corrected chi connectivity index (χ0v) is 14.4. The number of benzene rings is 1. The Morgan fingerprint density at radius 1 is 1.19 bits per heavy atom. The molecule has 0 bridgehead atoms. The van der Waals surface area contributed by atoms with Crippen molar-refractivity contribution in [3.8, 4) is 11.4 Å². The molecule has 3 nitrogen and oxygen atoms in total. The van der Waals surface area contributed by atoms with Crippen LogP contribution in [0.4, 0.5) is 5.82 Å². The van der Waals surface area contributed by atoms with Crippen LogP contribution < -0.4 is 5.32 Å². The van der Waals surface area contributed by atoms with Gasteiger partial charge in [-0.15, -0.1) is 0 Å². The normalized spacial score (nSPS) is 10.9. The van der Waals surface area contributed by atoms with E-state index >= 15 is 0 Å². The fourth-order valence-corrected chi connectivity index (χ4v) is 2.59. The summed E-state index contributed by atoms with van der Waals surface area (Å²) in [5.74, 6) is 2.26. The van der Waals surface area contributed by atoms with Crippen LogP contribution in [0.15, 0.2) is 34.8 Å². The van der Waals surface area contributed by atoms with Crippen molar-refractivity contribution >= 4 is 21.7 Å².